The van der Waals surface area contributed by atoms with Gasteiger partial charge in [0.1, 0.15) is 6.23 Å². The molecular formula is C12H12N2O2S. The highest BCUT2D eigenvalue weighted by atomic mass is 32.2. The summed E-state index contributed by atoms with van der Waals surface area (Å²) in [5.41, 5.74) is 0.648. The molecule has 0 aromatic carbocycles. The molecule has 0 amide bonds. The maximum absolute atomic E-state index is 12.1. The molecule has 0 saturated heterocycles. The van der Waals surface area contributed by atoms with Gasteiger partial charge in [-0.15, -0.1) is 0 Å². The first kappa shape index (κ1) is 11.9. The van der Waals surface area contributed by atoms with Crippen LogP contribution in [0.25, 0.3) is 0 Å². The lowest BCUT2D eigenvalue weighted by atomic mass is 10.2. The summed E-state index contributed by atoms with van der Waals surface area (Å²) in [4.78, 5) is 4.58. The van der Waals surface area contributed by atoms with Crippen molar-refractivity contribution in [2.75, 3.05) is 6.26 Å². The third-order valence-electron chi connectivity index (χ3n) is 2.42. The molecule has 17 heavy (non-hydrogen) atoms. The van der Waals surface area contributed by atoms with Crippen LogP contribution in [-0.4, -0.2) is 15.4 Å². The summed E-state index contributed by atoms with van der Waals surface area (Å²) in [7, 11) is -1.02. The quantitative estimate of drug-likeness (QED) is 0.719. The van der Waals surface area contributed by atoms with Gasteiger partial charge in [-0.05, 0) is 12.1 Å². The van der Waals surface area contributed by atoms with E-state index in [-0.39, 0.29) is 0 Å². The second-order valence-electron chi connectivity index (χ2n) is 3.57. The largest absolute Gasteiger partial charge is 0.794 e. The third kappa shape index (κ3) is 2.75. The van der Waals surface area contributed by atoms with E-state index in [2.05, 4.69) is 4.98 Å². The molecule has 2 aromatic rings. The number of rotatable bonds is 3. The van der Waals surface area contributed by atoms with Gasteiger partial charge in [0, 0.05) is 36.3 Å². The van der Waals surface area contributed by atoms with Crippen molar-refractivity contribution in [3.8, 4) is 0 Å². The molecule has 0 aliphatic rings. The zero-order valence-corrected chi connectivity index (χ0v) is 10.1. The molecule has 2 aromatic heterocycles. The molecule has 0 aliphatic heterocycles. The summed E-state index contributed by atoms with van der Waals surface area (Å²) in [6.45, 7) is 0. The summed E-state index contributed by atoms with van der Waals surface area (Å²) < 4.78 is 12.7. The van der Waals surface area contributed by atoms with Crippen molar-refractivity contribution in [3.05, 3.63) is 54.6 Å². The number of hydrogen-bond acceptors (Lipinski definition) is 3. The first-order valence-corrected chi connectivity index (χ1v) is 6.64. The van der Waals surface area contributed by atoms with Crippen molar-refractivity contribution < 1.29 is 13.9 Å². The van der Waals surface area contributed by atoms with Gasteiger partial charge in [-0.1, -0.05) is 0 Å². The van der Waals surface area contributed by atoms with Gasteiger partial charge in [0.25, 0.3) is 0 Å². The lowest BCUT2D eigenvalue weighted by Gasteiger charge is -2.16. The number of hydrogen-bond donors (Lipinski definition) is 0. The van der Waals surface area contributed by atoms with Crippen LogP contribution in [0.15, 0.2) is 53.9 Å². The summed E-state index contributed by atoms with van der Waals surface area (Å²) in [6.07, 6.45) is 7.09. The van der Waals surface area contributed by atoms with Gasteiger partial charge in [-0.2, -0.15) is 0 Å². The standard InChI is InChI=1S/C12H12N2O2S/c1-17(16)11-4-8-14(9-5-11)12(15)10-2-6-13-7-3-10/h2-9,12H,1H3. The number of aromatic nitrogens is 2. The average Bonchev–Trinajstić information content (AvgIpc) is 2.39. The molecule has 2 atom stereocenters. The second kappa shape index (κ2) is 5.16. The molecule has 0 aliphatic carbocycles. The Kier molecular flexibility index (Phi) is 3.61. The van der Waals surface area contributed by atoms with E-state index < -0.39 is 17.0 Å². The van der Waals surface area contributed by atoms with Crippen molar-refractivity contribution in [2.24, 2.45) is 0 Å². The molecule has 0 saturated carbocycles. The minimum atomic E-state index is -1.02. The Labute approximate surface area is 102 Å². The molecule has 0 N–H and O–H groups in total. The zero-order chi connectivity index (χ0) is 12.3. The van der Waals surface area contributed by atoms with Crippen LogP contribution in [0.3, 0.4) is 0 Å². The zero-order valence-electron chi connectivity index (χ0n) is 9.32. The smallest absolute Gasteiger partial charge is 0.169 e. The summed E-state index contributed by atoms with van der Waals surface area (Å²) in [5, 5.41) is 12.1. The molecular weight excluding hydrogens is 236 g/mol. The predicted octanol–water partition coefficient (Wildman–Crippen LogP) is 0.0137. The van der Waals surface area contributed by atoms with Crippen LogP contribution in [-0.2, 0) is 10.8 Å². The van der Waals surface area contributed by atoms with E-state index in [1.165, 1.54) is 4.57 Å². The van der Waals surface area contributed by atoms with E-state index in [1.54, 1.807) is 55.3 Å². The van der Waals surface area contributed by atoms with Crippen LogP contribution in [0.5, 0.6) is 0 Å². The fourth-order valence-corrected chi connectivity index (χ4v) is 1.98. The monoisotopic (exact) mass is 248 g/mol. The topological polar surface area (TPSA) is 56.9 Å². The van der Waals surface area contributed by atoms with E-state index >= 15 is 0 Å². The summed E-state index contributed by atoms with van der Waals surface area (Å²) in [6, 6.07) is 6.78. The third-order valence-corrected chi connectivity index (χ3v) is 3.35. The first-order chi connectivity index (χ1) is 8.18. The Morgan fingerprint density at radius 1 is 1.24 bits per heavy atom. The first-order valence-electron chi connectivity index (χ1n) is 5.08. The van der Waals surface area contributed by atoms with Gasteiger partial charge in [0.2, 0.25) is 0 Å². The average molecular weight is 248 g/mol. The highest BCUT2D eigenvalue weighted by Gasteiger charge is 2.09. The van der Waals surface area contributed by atoms with E-state index in [0.29, 0.717) is 10.5 Å². The van der Waals surface area contributed by atoms with Crippen LogP contribution in [0.4, 0.5) is 0 Å². The van der Waals surface area contributed by atoms with Crippen LogP contribution >= 0.6 is 0 Å². The predicted molar refractivity (Wildman–Crippen MR) is 61.3 cm³/mol. The Morgan fingerprint density at radius 3 is 2.35 bits per heavy atom. The minimum absolute atomic E-state index is 0.648. The Balaban J connectivity index is 2.26. The number of nitrogens with zero attached hydrogens (tertiary/aromatic N) is 2. The Hall–Kier alpha value is -1.59. The van der Waals surface area contributed by atoms with Gasteiger partial charge >= 0.3 is 0 Å². The lowest BCUT2D eigenvalue weighted by Crippen LogP contribution is -2.47. The second-order valence-corrected chi connectivity index (χ2v) is 4.95. The van der Waals surface area contributed by atoms with Crippen molar-refractivity contribution in [1.82, 2.24) is 4.98 Å². The van der Waals surface area contributed by atoms with Crippen LogP contribution in [0.2, 0.25) is 0 Å². The van der Waals surface area contributed by atoms with Crippen LogP contribution in [0, 0.1) is 0 Å². The van der Waals surface area contributed by atoms with Gasteiger partial charge in [-0.25, -0.2) is 4.57 Å². The van der Waals surface area contributed by atoms with Crippen molar-refractivity contribution in [3.63, 3.8) is 0 Å². The fourth-order valence-electron chi connectivity index (χ4n) is 1.47. The molecule has 0 bridgehead atoms. The summed E-state index contributed by atoms with van der Waals surface area (Å²) >= 11 is 0. The van der Waals surface area contributed by atoms with E-state index in [9.17, 15) is 9.32 Å². The van der Waals surface area contributed by atoms with Crippen LogP contribution in [0.1, 0.15) is 11.8 Å². The van der Waals surface area contributed by atoms with Gasteiger partial charge in [-0.3, -0.25) is 9.19 Å². The van der Waals surface area contributed by atoms with E-state index in [4.69, 9.17) is 0 Å². The summed E-state index contributed by atoms with van der Waals surface area (Å²) in [5.74, 6) is 0. The van der Waals surface area contributed by atoms with Crippen molar-refractivity contribution in [2.45, 2.75) is 11.1 Å². The molecule has 5 heteroatoms. The Bertz CT molecular complexity index is 514. The van der Waals surface area contributed by atoms with Gasteiger partial charge < -0.3 is 5.11 Å². The van der Waals surface area contributed by atoms with Crippen molar-refractivity contribution in [1.29, 1.82) is 0 Å². The molecule has 0 radical (unpaired) electrons. The van der Waals surface area contributed by atoms with E-state index in [1.807, 2.05) is 0 Å². The fraction of sp³-hybridized carbons (Fsp3) is 0.167. The molecule has 2 rings (SSSR count). The van der Waals surface area contributed by atoms with E-state index in [0.717, 1.165) is 0 Å². The lowest BCUT2D eigenvalue weighted by molar-refractivity contribution is -0.837. The SMILES string of the molecule is CS(=O)c1cc[n+](C([O-])c2ccncc2)cc1. The normalized spacial score (nSPS) is 14.2. The van der Waals surface area contributed by atoms with Gasteiger partial charge in [0.15, 0.2) is 12.4 Å². The Morgan fingerprint density at radius 2 is 1.82 bits per heavy atom. The van der Waals surface area contributed by atoms with Gasteiger partial charge in [0.05, 0.1) is 15.7 Å². The molecule has 2 unspecified atom stereocenters. The molecule has 2 heterocycles. The highest BCUT2D eigenvalue weighted by Crippen LogP contribution is 2.06. The maximum atomic E-state index is 12.1. The molecule has 88 valence electrons. The molecule has 0 fully saturated rings. The maximum Gasteiger partial charge on any atom is 0.169 e. The molecule has 0 spiro atoms. The highest BCUT2D eigenvalue weighted by molar-refractivity contribution is 7.84. The number of pyridine rings is 2. The van der Waals surface area contributed by atoms with Crippen molar-refractivity contribution >= 4 is 10.8 Å². The molecule has 4 nitrogen and oxygen atoms in total. The van der Waals surface area contributed by atoms with Crippen LogP contribution < -0.4 is 9.67 Å². The minimum Gasteiger partial charge on any atom is -0.794 e.